The van der Waals surface area contributed by atoms with E-state index < -0.39 is 0 Å². The molecule has 0 bridgehead atoms. The molecule has 4 rings (SSSR count). The van der Waals surface area contributed by atoms with Crippen LogP contribution in [-0.4, -0.2) is 0 Å². The average molecular weight is 446 g/mol. The van der Waals surface area contributed by atoms with Crippen molar-refractivity contribution in [3.63, 3.8) is 0 Å². The van der Waals surface area contributed by atoms with Gasteiger partial charge in [-0.15, -0.1) is 0 Å². The van der Waals surface area contributed by atoms with E-state index in [4.69, 9.17) is 4.74 Å². The van der Waals surface area contributed by atoms with Crippen LogP contribution in [0.5, 0.6) is 5.75 Å². The number of rotatable bonds is 6. The lowest BCUT2D eigenvalue weighted by atomic mass is 10.1. The van der Waals surface area contributed by atoms with E-state index in [1.807, 2.05) is 12.1 Å². The zero-order valence-electron chi connectivity index (χ0n) is 16.7. The van der Waals surface area contributed by atoms with E-state index in [-0.39, 0.29) is 0 Å². The van der Waals surface area contributed by atoms with Crippen molar-refractivity contribution in [3.05, 3.63) is 106 Å². The molecule has 0 radical (unpaired) electrons. The third-order valence-electron chi connectivity index (χ3n) is 5.28. The van der Waals surface area contributed by atoms with Gasteiger partial charge >= 0.3 is 0 Å². The summed E-state index contributed by atoms with van der Waals surface area (Å²) in [5.41, 5.74) is 6.03. The van der Waals surface area contributed by atoms with Gasteiger partial charge in [-0.25, -0.2) is 0 Å². The fourth-order valence-corrected chi connectivity index (χ4v) is 3.86. The molecule has 29 heavy (non-hydrogen) atoms. The van der Waals surface area contributed by atoms with Gasteiger partial charge < -0.3 is 10.1 Å². The molecule has 0 aromatic heterocycles. The summed E-state index contributed by atoms with van der Waals surface area (Å²) in [6.45, 7) is 5.51. The molecule has 0 saturated heterocycles. The zero-order valence-corrected chi connectivity index (χ0v) is 18.3. The quantitative estimate of drug-likeness (QED) is 0.333. The minimum absolute atomic E-state index is 0.541. The van der Waals surface area contributed by atoms with Crippen molar-refractivity contribution in [1.29, 1.82) is 0 Å². The largest absolute Gasteiger partial charge is 0.489 e. The third-order valence-corrected chi connectivity index (χ3v) is 5.77. The van der Waals surface area contributed by atoms with Crippen LogP contribution < -0.4 is 10.1 Å². The van der Waals surface area contributed by atoms with Crippen LogP contribution >= 0.6 is 15.9 Å². The molecule has 0 atom stereocenters. The first-order chi connectivity index (χ1) is 14.1. The van der Waals surface area contributed by atoms with Gasteiger partial charge in [0, 0.05) is 22.3 Å². The van der Waals surface area contributed by atoms with Crippen LogP contribution in [0.15, 0.2) is 83.3 Å². The van der Waals surface area contributed by atoms with E-state index in [2.05, 4.69) is 102 Å². The van der Waals surface area contributed by atoms with Crippen LogP contribution in [0.2, 0.25) is 0 Å². The van der Waals surface area contributed by atoms with Gasteiger partial charge in [-0.2, -0.15) is 0 Å². The van der Waals surface area contributed by atoms with E-state index in [1.165, 1.54) is 27.5 Å². The highest BCUT2D eigenvalue weighted by atomic mass is 79.9. The Bertz CT molecular complexity index is 1150. The van der Waals surface area contributed by atoms with Gasteiger partial charge in [0.15, 0.2) is 0 Å². The second-order valence-corrected chi connectivity index (χ2v) is 8.25. The van der Waals surface area contributed by atoms with E-state index in [0.717, 1.165) is 21.5 Å². The highest BCUT2D eigenvalue weighted by Crippen LogP contribution is 2.27. The van der Waals surface area contributed by atoms with E-state index >= 15 is 0 Å². The van der Waals surface area contributed by atoms with E-state index in [0.29, 0.717) is 13.2 Å². The molecule has 2 nitrogen and oxygen atoms in total. The molecule has 4 aromatic rings. The number of anilines is 1. The molecular formula is C26H24BrNO. The fourth-order valence-electron chi connectivity index (χ4n) is 3.45. The standard InChI is InChI=1S/C26H24BrNO/c1-18-10-12-24(14-19(18)2)28-16-22-15-23(27)11-13-26(22)29-17-21-8-5-7-20-6-3-4-9-25(20)21/h3-15,28H,16-17H2,1-2H3. The topological polar surface area (TPSA) is 21.3 Å². The number of nitrogens with one attached hydrogen (secondary N) is 1. The highest BCUT2D eigenvalue weighted by Gasteiger charge is 2.08. The molecule has 146 valence electrons. The zero-order chi connectivity index (χ0) is 20.2. The first kappa shape index (κ1) is 19.5. The van der Waals surface area contributed by atoms with Crippen molar-refractivity contribution < 1.29 is 4.74 Å². The van der Waals surface area contributed by atoms with Crippen LogP contribution in [-0.2, 0) is 13.2 Å². The summed E-state index contributed by atoms with van der Waals surface area (Å²) >= 11 is 3.59. The molecular weight excluding hydrogens is 422 g/mol. The second kappa shape index (κ2) is 8.71. The van der Waals surface area contributed by atoms with Crippen LogP contribution in [0.1, 0.15) is 22.3 Å². The Hall–Kier alpha value is -2.78. The number of benzene rings is 4. The lowest BCUT2D eigenvalue weighted by Crippen LogP contribution is -2.04. The molecule has 4 aromatic carbocycles. The maximum absolute atomic E-state index is 6.26. The summed E-state index contributed by atoms with van der Waals surface area (Å²) in [6.07, 6.45) is 0. The summed E-state index contributed by atoms with van der Waals surface area (Å²) in [7, 11) is 0. The van der Waals surface area contributed by atoms with E-state index in [1.54, 1.807) is 0 Å². The number of hydrogen-bond donors (Lipinski definition) is 1. The molecule has 0 unspecified atom stereocenters. The predicted molar refractivity (Wildman–Crippen MR) is 126 cm³/mol. The Morgan fingerprint density at radius 2 is 1.62 bits per heavy atom. The van der Waals surface area contributed by atoms with Crippen molar-refractivity contribution in [1.82, 2.24) is 0 Å². The van der Waals surface area contributed by atoms with Gasteiger partial charge in [0.2, 0.25) is 0 Å². The molecule has 0 spiro atoms. The number of halogens is 1. The van der Waals surface area contributed by atoms with Gasteiger partial charge in [0.25, 0.3) is 0 Å². The Kier molecular flexibility index (Phi) is 5.86. The SMILES string of the molecule is Cc1ccc(NCc2cc(Br)ccc2OCc2cccc3ccccc23)cc1C. The number of ether oxygens (including phenoxy) is 1. The van der Waals surface area contributed by atoms with Gasteiger partial charge in [0.05, 0.1) is 0 Å². The minimum atomic E-state index is 0.541. The molecule has 0 aliphatic rings. The maximum Gasteiger partial charge on any atom is 0.124 e. The molecule has 0 aliphatic carbocycles. The normalized spacial score (nSPS) is 10.9. The van der Waals surface area contributed by atoms with Crippen molar-refractivity contribution in [2.24, 2.45) is 0 Å². The molecule has 3 heteroatoms. The summed E-state index contributed by atoms with van der Waals surface area (Å²) < 4.78 is 7.30. The Morgan fingerprint density at radius 1 is 0.793 bits per heavy atom. The van der Waals surface area contributed by atoms with Crippen molar-refractivity contribution in [3.8, 4) is 5.75 Å². The van der Waals surface area contributed by atoms with Gasteiger partial charge in [-0.05, 0) is 71.6 Å². The molecule has 0 aliphatic heterocycles. The number of fused-ring (bicyclic) bond motifs is 1. The van der Waals surface area contributed by atoms with Crippen LogP contribution in [0.4, 0.5) is 5.69 Å². The Labute approximate surface area is 180 Å². The predicted octanol–water partition coefficient (Wildman–Crippen LogP) is 7.41. The summed E-state index contributed by atoms with van der Waals surface area (Å²) in [5, 5.41) is 6.00. The molecule has 0 heterocycles. The summed E-state index contributed by atoms with van der Waals surface area (Å²) in [4.78, 5) is 0. The smallest absolute Gasteiger partial charge is 0.124 e. The highest BCUT2D eigenvalue weighted by molar-refractivity contribution is 9.10. The lowest BCUT2D eigenvalue weighted by molar-refractivity contribution is 0.304. The fraction of sp³-hybridized carbons (Fsp3) is 0.154. The number of aryl methyl sites for hydroxylation is 2. The molecule has 0 fully saturated rings. The monoisotopic (exact) mass is 445 g/mol. The Balaban J connectivity index is 1.52. The minimum Gasteiger partial charge on any atom is -0.489 e. The van der Waals surface area contributed by atoms with E-state index in [9.17, 15) is 0 Å². The second-order valence-electron chi connectivity index (χ2n) is 7.33. The van der Waals surface area contributed by atoms with Gasteiger partial charge in [-0.3, -0.25) is 0 Å². The third kappa shape index (κ3) is 4.63. The number of hydrogen-bond acceptors (Lipinski definition) is 2. The summed E-state index contributed by atoms with van der Waals surface area (Å²) in [6, 6.07) is 27.4. The van der Waals surface area contributed by atoms with Crippen LogP contribution in [0.3, 0.4) is 0 Å². The first-order valence-corrected chi connectivity index (χ1v) is 10.6. The van der Waals surface area contributed by atoms with Gasteiger partial charge in [0.1, 0.15) is 12.4 Å². The van der Waals surface area contributed by atoms with Crippen LogP contribution in [0, 0.1) is 13.8 Å². The molecule has 1 N–H and O–H groups in total. The first-order valence-electron chi connectivity index (χ1n) is 9.79. The van der Waals surface area contributed by atoms with Crippen molar-refractivity contribution >= 4 is 32.4 Å². The van der Waals surface area contributed by atoms with Crippen molar-refractivity contribution in [2.45, 2.75) is 27.0 Å². The van der Waals surface area contributed by atoms with Crippen molar-refractivity contribution in [2.75, 3.05) is 5.32 Å². The molecule has 0 saturated carbocycles. The lowest BCUT2D eigenvalue weighted by Gasteiger charge is -2.15. The average Bonchev–Trinajstić information content (AvgIpc) is 2.74. The maximum atomic E-state index is 6.26. The Morgan fingerprint density at radius 3 is 2.48 bits per heavy atom. The van der Waals surface area contributed by atoms with Crippen LogP contribution in [0.25, 0.3) is 10.8 Å². The summed E-state index contributed by atoms with van der Waals surface area (Å²) in [5.74, 6) is 0.900. The molecule has 0 amide bonds. The van der Waals surface area contributed by atoms with Gasteiger partial charge in [-0.1, -0.05) is 64.5 Å².